The molecule has 24 heavy (non-hydrogen) atoms. The highest BCUT2D eigenvalue weighted by molar-refractivity contribution is 5.77. The number of nitrogens with zero attached hydrogens (tertiary/aromatic N) is 5. The predicted molar refractivity (Wildman–Crippen MR) is 94.1 cm³/mol. The maximum absolute atomic E-state index is 8.94. The Kier molecular flexibility index (Phi) is 4.43. The number of hydrogen-bond acceptors (Lipinski definition) is 5. The second-order valence-corrected chi connectivity index (χ2v) is 5.58. The first-order chi connectivity index (χ1) is 11.7. The van der Waals surface area contributed by atoms with Gasteiger partial charge in [-0.1, -0.05) is 13.8 Å². The number of aryl methyl sites for hydroxylation is 1. The standard InChI is InChI=1S/C16H14N6.C2H6/c1-10-7-18-15(5-14(10)21-13-2-3-13)22-16-12(9-20-22)4-11(6-17)8-19-16;1-2/h4-5,7-9,13H,2-3H2,1H3,(H,18,21);1-2H3. The Morgan fingerprint density at radius 1 is 1.17 bits per heavy atom. The normalized spacial score (nSPS) is 13.1. The number of nitrogens with one attached hydrogen (secondary N) is 1. The van der Waals surface area contributed by atoms with Crippen LogP contribution < -0.4 is 5.32 Å². The Morgan fingerprint density at radius 2 is 1.96 bits per heavy atom. The molecule has 3 aromatic heterocycles. The highest BCUT2D eigenvalue weighted by Crippen LogP contribution is 2.27. The molecular weight excluding hydrogens is 300 g/mol. The van der Waals surface area contributed by atoms with E-state index in [0.29, 0.717) is 17.3 Å². The van der Waals surface area contributed by atoms with E-state index in [-0.39, 0.29) is 0 Å². The van der Waals surface area contributed by atoms with Crippen LogP contribution in [0.25, 0.3) is 16.9 Å². The number of fused-ring (bicyclic) bond motifs is 1. The number of hydrogen-bond donors (Lipinski definition) is 1. The lowest BCUT2D eigenvalue weighted by molar-refractivity contribution is 0.861. The zero-order valence-corrected chi connectivity index (χ0v) is 14.1. The van der Waals surface area contributed by atoms with E-state index >= 15 is 0 Å². The van der Waals surface area contributed by atoms with Gasteiger partial charge in [0.15, 0.2) is 11.5 Å². The molecule has 0 aromatic carbocycles. The summed E-state index contributed by atoms with van der Waals surface area (Å²) in [6, 6.07) is 6.45. The third kappa shape index (κ3) is 3.06. The quantitative estimate of drug-likeness (QED) is 0.797. The van der Waals surface area contributed by atoms with Crippen LogP contribution in [0.1, 0.15) is 37.8 Å². The average molecular weight is 320 g/mol. The monoisotopic (exact) mass is 320 g/mol. The van der Waals surface area contributed by atoms with Crippen LogP contribution in [-0.2, 0) is 0 Å². The van der Waals surface area contributed by atoms with Gasteiger partial charge in [-0.25, -0.2) is 9.97 Å². The molecule has 1 fully saturated rings. The largest absolute Gasteiger partial charge is 0.382 e. The van der Waals surface area contributed by atoms with E-state index in [4.69, 9.17) is 5.26 Å². The summed E-state index contributed by atoms with van der Waals surface area (Å²) in [7, 11) is 0. The van der Waals surface area contributed by atoms with E-state index in [2.05, 4.69) is 26.5 Å². The summed E-state index contributed by atoms with van der Waals surface area (Å²) in [5.74, 6) is 0.723. The third-order valence-corrected chi connectivity index (χ3v) is 3.78. The maximum Gasteiger partial charge on any atom is 0.164 e. The van der Waals surface area contributed by atoms with Crippen LogP contribution in [-0.4, -0.2) is 25.8 Å². The fourth-order valence-corrected chi connectivity index (χ4v) is 2.38. The van der Waals surface area contributed by atoms with E-state index in [0.717, 1.165) is 22.5 Å². The Bertz CT molecular complexity index is 902. The Balaban J connectivity index is 0.000000815. The van der Waals surface area contributed by atoms with Gasteiger partial charge in [-0.2, -0.15) is 15.0 Å². The molecule has 3 heterocycles. The van der Waals surface area contributed by atoms with Crippen molar-refractivity contribution in [3.8, 4) is 11.9 Å². The van der Waals surface area contributed by atoms with Crippen molar-refractivity contribution in [2.24, 2.45) is 0 Å². The first-order valence-corrected chi connectivity index (χ1v) is 8.22. The molecule has 1 aliphatic rings. The van der Waals surface area contributed by atoms with Crippen LogP contribution in [0.3, 0.4) is 0 Å². The van der Waals surface area contributed by atoms with Crippen molar-refractivity contribution in [1.29, 1.82) is 5.26 Å². The molecule has 6 heteroatoms. The van der Waals surface area contributed by atoms with Gasteiger partial charge in [-0.05, 0) is 31.4 Å². The van der Waals surface area contributed by atoms with E-state index in [1.165, 1.54) is 12.8 Å². The molecule has 0 atom stereocenters. The molecular formula is C18H20N6. The summed E-state index contributed by atoms with van der Waals surface area (Å²) >= 11 is 0. The topological polar surface area (TPSA) is 79.4 Å². The molecule has 0 aliphatic heterocycles. The van der Waals surface area contributed by atoms with Gasteiger partial charge in [-0.3, -0.25) is 0 Å². The van der Waals surface area contributed by atoms with Crippen molar-refractivity contribution in [3.63, 3.8) is 0 Å². The smallest absolute Gasteiger partial charge is 0.164 e. The maximum atomic E-state index is 8.94. The van der Waals surface area contributed by atoms with Crippen LogP contribution in [0.5, 0.6) is 0 Å². The number of anilines is 1. The van der Waals surface area contributed by atoms with E-state index < -0.39 is 0 Å². The highest BCUT2D eigenvalue weighted by atomic mass is 15.3. The lowest BCUT2D eigenvalue weighted by Crippen LogP contribution is -2.06. The summed E-state index contributed by atoms with van der Waals surface area (Å²) in [6.07, 6.45) is 7.55. The van der Waals surface area contributed by atoms with Crippen LogP contribution in [0, 0.1) is 18.3 Å². The predicted octanol–water partition coefficient (Wildman–Crippen LogP) is 3.60. The highest BCUT2D eigenvalue weighted by Gasteiger charge is 2.22. The van der Waals surface area contributed by atoms with Gasteiger partial charge in [-0.15, -0.1) is 0 Å². The molecule has 0 unspecified atom stereocenters. The minimum Gasteiger partial charge on any atom is -0.382 e. The van der Waals surface area contributed by atoms with Crippen LogP contribution in [0.4, 0.5) is 5.69 Å². The number of nitriles is 1. The van der Waals surface area contributed by atoms with Crippen LogP contribution >= 0.6 is 0 Å². The molecule has 0 saturated heterocycles. The van der Waals surface area contributed by atoms with Gasteiger partial charge in [0.25, 0.3) is 0 Å². The number of rotatable bonds is 3. The Hall–Kier alpha value is -2.94. The Morgan fingerprint density at radius 3 is 2.67 bits per heavy atom. The molecule has 0 amide bonds. The van der Waals surface area contributed by atoms with Crippen molar-refractivity contribution in [3.05, 3.63) is 41.9 Å². The molecule has 3 aromatic rings. The molecule has 122 valence electrons. The van der Waals surface area contributed by atoms with Crippen LogP contribution in [0.15, 0.2) is 30.7 Å². The fraction of sp³-hybridized carbons (Fsp3) is 0.333. The van der Waals surface area contributed by atoms with E-state index in [9.17, 15) is 0 Å². The minimum atomic E-state index is 0.528. The second-order valence-electron chi connectivity index (χ2n) is 5.58. The molecule has 4 rings (SSSR count). The van der Waals surface area contributed by atoms with Gasteiger partial charge in [0, 0.05) is 35.6 Å². The van der Waals surface area contributed by atoms with Gasteiger partial charge in [0.05, 0.1) is 11.8 Å². The summed E-state index contributed by atoms with van der Waals surface area (Å²) in [5, 5.41) is 17.6. The Labute approximate surface area is 141 Å². The molecule has 0 radical (unpaired) electrons. The van der Waals surface area contributed by atoms with E-state index in [1.54, 1.807) is 23.1 Å². The zero-order chi connectivity index (χ0) is 17.1. The summed E-state index contributed by atoms with van der Waals surface area (Å²) in [4.78, 5) is 8.79. The zero-order valence-electron chi connectivity index (χ0n) is 14.1. The third-order valence-electron chi connectivity index (χ3n) is 3.78. The lowest BCUT2D eigenvalue weighted by Gasteiger charge is -2.10. The van der Waals surface area contributed by atoms with Crippen molar-refractivity contribution < 1.29 is 0 Å². The van der Waals surface area contributed by atoms with Crippen molar-refractivity contribution in [1.82, 2.24) is 19.7 Å². The lowest BCUT2D eigenvalue weighted by atomic mass is 10.2. The summed E-state index contributed by atoms with van der Waals surface area (Å²) in [5.41, 5.74) is 3.43. The van der Waals surface area contributed by atoms with Crippen LogP contribution in [0.2, 0.25) is 0 Å². The molecule has 1 saturated carbocycles. The number of aromatic nitrogens is 4. The molecule has 1 N–H and O–H groups in total. The molecule has 1 aliphatic carbocycles. The fourth-order valence-electron chi connectivity index (χ4n) is 2.38. The summed E-state index contributed by atoms with van der Waals surface area (Å²) < 4.78 is 1.70. The van der Waals surface area contributed by atoms with Gasteiger partial charge >= 0.3 is 0 Å². The van der Waals surface area contributed by atoms with Gasteiger partial charge in [0.1, 0.15) is 6.07 Å². The van der Waals surface area contributed by atoms with Crippen molar-refractivity contribution in [2.45, 2.75) is 39.7 Å². The minimum absolute atomic E-state index is 0.528. The first kappa shape index (κ1) is 15.9. The molecule has 0 spiro atoms. The number of pyridine rings is 2. The molecule has 0 bridgehead atoms. The molecule has 6 nitrogen and oxygen atoms in total. The second kappa shape index (κ2) is 6.67. The van der Waals surface area contributed by atoms with Crippen molar-refractivity contribution >= 4 is 16.7 Å². The van der Waals surface area contributed by atoms with E-state index in [1.807, 2.05) is 33.0 Å². The van der Waals surface area contributed by atoms with Crippen molar-refractivity contribution in [2.75, 3.05) is 5.32 Å². The first-order valence-electron chi connectivity index (χ1n) is 8.22. The van der Waals surface area contributed by atoms with Gasteiger partial charge in [0.2, 0.25) is 0 Å². The summed E-state index contributed by atoms with van der Waals surface area (Å²) in [6.45, 7) is 6.04. The van der Waals surface area contributed by atoms with Gasteiger partial charge < -0.3 is 5.32 Å². The SMILES string of the molecule is CC.Cc1cnc(-n2ncc3cc(C#N)cnc32)cc1NC1CC1. The average Bonchev–Trinajstić information content (AvgIpc) is 3.34.